The number of nitrogens with one attached hydrogen (secondary N) is 1. The number of amides is 1. The van der Waals surface area contributed by atoms with Crippen LogP contribution in [-0.4, -0.2) is 20.8 Å². The van der Waals surface area contributed by atoms with Crippen molar-refractivity contribution >= 4 is 11.6 Å². The SMILES string of the molecule is O=C(Nc1cnn(Cc2ccc(F)cc2)c1)c1noc2c1CC(c1ccccc1)CC2. The van der Waals surface area contributed by atoms with E-state index < -0.39 is 0 Å². The van der Waals surface area contributed by atoms with E-state index in [1.54, 1.807) is 29.2 Å². The molecule has 31 heavy (non-hydrogen) atoms. The van der Waals surface area contributed by atoms with Gasteiger partial charge in [-0.1, -0.05) is 47.6 Å². The molecule has 0 aliphatic heterocycles. The summed E-state index contributed by atoms with van der Waals surface area (Å²) in [5, 5.41) is 11.2. The van der Waals surface area contributed by atoms with Gasteiger partial charge < -0.3 is 9.84 Å². The zero-order valence-corrected chi connectivity index (χ0v) is 16.8. The molecule has 0 fully saturated rings. The number of hydrogen-bond donors (Lipinski definition) is 1. The van der Waals surface area contributed by atoms with E-state index >= 15 is 0 Å². The molecule has 6 nitrogen and oxygen atoms in total. The zero-order chi connectivity index (χ0) is 21.2. The van der Waals surface area contributed by atoms with E-state index in [2.05, 4.69) is 27.7 Å². The summed E-state index contributed by atoms with van der Waals surface area (Å²) in [5.41, 5.74) is 3.97. The van der Waals surface area contributed by atoms with Crippen LogP contribution in [-0.2, 0) is 19.4 Å². The smallest absolute Gasteiger partial charge is 0.278 e. The monoisotopic (exact) mass is 416 g/mol. The topological polar surface area (TPSA) is 73.0 Å². The van der Waals surface area contributed by atoms with Crippen molar-refractivity contribution < 1.29 is 13.7 Å². The fraction of sp³-hybridized carbons (Fsp3) is 0.208. The lowest BCUT2D eigenvalue weighted by Gasteiger charge is -2.21. The van der Waals surface area contributed by atoms with Crippen LogP contribution in [0, 0.1) is 5.82 Å². The summed E-state index contributed by atoms with van der Waals surface area (Å²) in [7, 11) is 0. The summed E-state index contributed by atoms with van der Waals surface area (Å²) in [6.45, 7) is 0.480. The largest absolute Gasteiger partial charge is 0.360 e. The second-order valence-electron chi connectivity index (χ2n) is 7.79. The Morgan fingerprint density at radius 1 is 1.16 bits per heavy atom. The van der Waals surface area contributed by atoms with Crippen LogP contribution in [0.5, 0.6) is 0 Å². The molecule has 7 heteroatoms. The van der Waals surface area contributed by atoms with Crippen molar-refractivity contribution in [1.29, 1.82) is 0 Å². The van der Waals surface area contributed by atoms with E-state index in [0.717, 1.165) is 36.1 Å². The van der Waals surface area contributed by atoms with Crippen molar-refractivity contribution in [2.75, 3.05) is 5.32 Å². The highest BCUT2D eigenvalue weighted by Crippen LogP contribution is 2.34. The number of benzene rings is 2. The van der Waals surface area contributed by atoms with E-state index in [1.165, 1.54) is 17.7 Å². The molecule has 2 aromatic heterocycles. The number of carbonyl (C=O) groups excluding carboxylic acids is 1. The predicted molar refractivity (Wildman–Crippen MR) is 113 cm³/mol. The Hall–Kier alpha value is -3.74. The first-order chi connectivity index (χ1) is 15.2. The molecule has 0 bridgehead atoms. The van der Waals surface area contributed by atoms with E-state index in [0.29, 0.717) is 23.8 Å². The highest BCUT2D eigenvalue weighted by atomic mass is 19.1. The van der Waals surface area contributed by atoms with Gasteiger partial charge in [-0.25, -0.2) is 4.39 Å². The van der Waals surface area contributed by atoms with Gasteiger partial charge in [-0.3, -0.25) is 9.48 Å². The molecule has 1 atom stereocenters. The molecule has 2 heterocycles. The Morgan fingerprint density at radius 2 is 1.97 bits per heavy atom. The summed E-state index contributed by atoms with van der Waals surface area (Å²) in [6.07, 6.45) is 5.80. The Bertz CT molecular complexity index is 1200. The number of aryl methyl sites for hydroxylation is 1. The molecule has 4 aromatic rings. The second-order valence-corrected chi connectivity index (χ2v) is 7.79. The maximum atomic E-state index is 13.1. The third-order valence-electron chi connectivity index (χ3n) is 5.67. The lowest BCUT2D eigenvalue weighted by molar-refractivity contribution is 0.101. The Kier molecular flexibility index (Phi) is 5.08. The van der Waals surface area contributed by atoms with Gasteiger partial charge in [0.15, 0.2) is 5.69 Å². The molecule has 1 aliphatic rings. The first kappa shape index (κ1) is 19.2. The van der Waals surface area contributed by atoms with Gasteiger partial charge in [-0.15, -0.1) is 0 Å². The highest BCUT2D eigenvalue weighted by Gasteiger charge is 2.29. The Labute approximate surface area is 178 Å². The van der Waals surface area contributed by atoms with Crippen molar-refractivity contribution in [1.82, 2.24) is 14.9 Å². The first-order valence-electron chi connectivity index (χ1n) is 10.3. The third kappa shape index (κ3) is 4.12. The molecule has 156 valence electrons. The number of hydrogen-bond acceptors (Lipinski definition) is 4. The van der Waals surface area contributed by atoms with Gasteiger partial charge in [0.1, 0.15) is 11.6 Å². The minimum Gasteiger partial charge on any atom is -0.360 e. The van der Waals surface area contributed by atoms with Gasteiger partial charge in [-0.2, -0.15) is 5.10 Å². The van der Waals surface area contributed by atoms with Crippen LogP contribution in [0.15, 0.2) is 71.5 Å². The summed E-state index contributed by atoms with van der Waals surface area (Å²) in [5.74, 6) is 0.560. The van der Waals surface area contributed by atoms with Crippen LogP contribution in [0.25, 0.3) is 0 Å². The van der Waals surface area contributed by atoms with Crippen molar-refractivity contribution in [3.05, 3.63) is 101 Å². The minimum absolute atomic E-state index is 0.275. The molecular formula is C24H21FN4O2. The van der Waals surface area contributed by atoms with Gasteiger partial charge in [0.05, 0.1) is 18.4 Å². The van der Waals surface area contributed by atoms with Gasteiger partial charge >= 0.3 is 0 Å². The average Bonchev–Trinajstić information content (AvgIpc) is 3.42. The quantitative estimate of drug-likeness (QED) is 0.517. The normalized spacial score (nSPS) is 15.5. The van der Waals surface area contributed by atoms with E-state index in [-0.39, 0.29) is 11.7 Å². The maximum Gasteiger partial charge on any atom is 0.278 e. The van der Waals surface area contributed by atoms with Crippen LogP contribution in [0.1, 0.15) is 45.3 Å². The molecule has 0 saturated carbocycles. The summed E-state index contributed by atoms with van der Waals surface area (Å²) < 4.78 is 20.2. The number of anilines is 1. The number of fused-ring (bicyclic) bond motifs is 1. The predicted octanol–water partition coefficient (Wildman–Crippen LogP) is 4.58. The Morgan fingerprint density at radius 3 is 2.77 bits per heavy atom. The lowest BCUT2D eigenvalue weighted by Crippen LogP contribution is -2.18. The molecule has 2 aromatic carbocycles. The van der Waals surface area contributed by atoms with Crippen molar-refractivity contribution in [3.63, 3.8) is 0 Å². The fourth-order valence-electron chi connectivity index (χ4n) is 4.07. The van der Waals surface area contributed by atoms with Gasteiger partial charge in [0.2, 0.25) is 0 Å². The van der Waals surface area contributed by atoms with Crippen LogP contribution >= 0.6 is 0 Å². The lowest BCUT2D eigenvalue weighted by atomic mass is 9.82. The second kappa shape index (κ2) is 8.18. The maximum absolute atomic E-state index is 13.1. The molecule has 1 amide bonds. The summed E-state index contributed by atoms with van der Waals surface area (Å²) >= 11 is 0. The molecule has 0 radical (unpaired) electrons. The molecule has 1 unspecified atom stereocenters. The van der Waals surface area contributed by atoms with Crippen molar-refractivity contribution in [3.8, 4) is 0 Å². The number of aromatic nitrogens is 3. The number of carbonyl (C=O) groups is 1. The van der Waals surface area contributed by atoms with Gasteiger partial charge in [0.25, 0.3) is 5.91 Å². The van der Waals surface area contributed by atoms with E-state index in [1.807, 2.05) is 18.2 Å². The minimum atomic E-state index is -0.306. The number of halogens is 1. The van der Waals surface area contributed by atoms with Crippen LogP contribution in [0.2, 0.25) is 0 Å². The van der Waals surface area contributed by atoms with E-state index in [4.69, 9.17) is 4.52 Å². The van der Waals surface area contributed by atoms with Crippen molar-refractivity contribution in [2.45, 2.75) is 31.7 Å². The number of nitrogens with zero attached hydrogens (tertiary/aromatic N) is 3. The first-order valence-corrected chi connectivity index (χ1v) is 10.3. The molecule has 5 rings (SSSR count). The molecule has 1 aliphatic carbocycles. The number of rotatable bonds is 5. The standard InChI is InChI=1S/C24H21FN4O2/c25-19-9-6-16(7-10-19)14-29-15-20(13-26-29)27-24(30)23-21-12-18(8-11-22(21)31-28-23)17-4-2-1-3-5-17/h1-7,9-10,13,15,18H,8,11-12,14H2,(H,27,30). The van der Waals surface area contributed by atoms with Gasteiger partial charge in [0, 0.05) is 18.2 Å². The molecular weight excluding hydrogens is 395 g/mol. The Balaban J connectivity index is 1.28. The summed E-state index contributed by atoms with van der Waals surface area (Å²) in [4.78, 5) is 12.9. The third-order valence-corrected chi connectivity index (χ3v) is 5.67. The summed E-state index contributed by atoms with van der Waals surface area (Å²) in [6, 6.07) is 16.6. The van der Waals surface area contributed by atoms with Crippen LogP contribution in [0.3, 0.4) is 0 Å². The van der Waals surface area contributed by atoms with Crippen molar-refractivity contribution in [2.24, 2.45) is 0 Å². The van der Waals surface area contributed by atoms with Crippen LogP contribution < -0.4 is 5.32 Å². The van der Waals surface area contributed by atoms with Crippen LogP contribution in [0.4, 0.5) is 10.1 Å². The average molecular weight is 416 g/mol. The molecule has 0 saturated heterocycles. The highest BCUT2D eigenvalue weighted by molar-refractivity contribution is 6.03. The fourth-order valence-corrected chi connectivity index (χ4v) is 4.07. The molecule has 0 spiro atoms. The van der Waals surface area contributed by atoms with E-state index in [9.17, 15) is 9.18 Å². The zero-order valence-electron chi connectivity index (χ0n) is 16.8. The van der Waals surface area contributed by atoms with Gasteiger partial charge in [-0.05, 0) is 42.0 Å². The molecule has 1 N–H and O–H groups in total.